The number of fused-ring (bicyclic) bond motifs is 1. The number of carbonyl (C=O) groups is 2. The van der Waals surface area contributed by atoms with Crippen molar-refractivity contribution in [1.29, 1.82) is 0 Å². The van der Waals surface area contributed by atoms with E-state index < -0.39 is 17.3 Å². The van der Waals surface area contributed by atoms with E-state index >= 15 is 0 Å². The SMILES string of the molecule is CC(=O)Nc1cccc(NC(=O)Cn2cnc3c(nnn3-c3ccc(F)cc3)c2=O)c1. The highest BCUT2D eigenvalue weighted by Crippen LogP contribution is 2.15. The van der Waals surface area contributed by atoms with Gasteiger partial charge in [-0.3, -0.25) is 19.0 Å². The third-order valence-corrected chi connectivity index (χ3v) is 4.28. The lowest BCUT2D eigenvalue weighted by molar-refractivity contribution is -0.117. The molecule has 4 rings (SSSR count). The van der Waals surface area contributed by atoms with E-state index in [9.17, 15) is 18.8 Å². The first-order valence-corrected chi connectivity index (χ1v) is 9.15. The number of halogens is 1. The zero-order chi connectivity index (χ0) is 22.0. The largest absolute Gasteiger partial charge is 0.326 e. The molecule has 0 saturated heterocycles. The van der Waals surface area contributed by atoms with Crippen molar-refractivity contribution in [1.82, 2.24) is 24.5 Å². The zero-order valence-corrected chi connectivity index (χ0v) is 16.2. The van der Waals surface area contributed by atoms with Crippen LogP contribution >= 0.6 is 0 Å². The maximum Gasteiger partial charge on any atom is 0.284 e. The van der Waals surface area contributed by atoms with Crippen LogP contribution < -0.4 is 16.2 Å². The predicted octanol–water partition coefficient (Wildman–Crippen LogP) is 1.71. The minimum Gasteiger partial charge on any atom is -0.326 e. The second-order valence-corrected chi connectivity index (χ2v) is 6.64. The van der Waals surface area contributed by atoms with E-state index in [0.29, 0.717) is 17.1 Å². The van der Waals surface area contributed by atoms with Gasteiger partial charge in [-0.05, 0) is 42.5 Å². The van der Waals surface area contributed by atoms with Gasteiger partial charge in [-0.15, -0.1) is 5.10 Å². The summed E-state index contributed by atoms with van der Waals surface area (Å²) in [5.41, 5.74) is 1.11. The van der Waals surface area contributed by atoms with Crippen LogP contribution in [-0.4, -0.2) is 36.4 Å². The number of carbonyl (C=O) groups excluding carboxylic acids is 2. The maximum absolute atomic E-state index is 13.1. The molecule has 2 heterocycles. The standard InChI is InChI=1S/C20H16FN7O3/c1-12(29)23-14-3-2-4-15(9-14)24-17(30)10-27-11-22-19-18(20(27)31)25-26-28(19)16-7-5-13(21)6-8-16/h2-9,11H,10H2,1H3,(H,23,29)(H,24,30). The highest BCUT2D eigenvalue weighted by molar-refractivity contribution is 5.93. The summed E-state index contributed by atoms with van der Waals surface area (Å²) < 4.78 is 15.6. The average molecular weight is 421 g/mol. The van der Waals surface area contributed by atoms with Crippen LogP contribution in [0.25, 0.3) is 16.9 Å². The number of hydrogen-bond acceptors (Lipinski definition) is 6. The van der Waals surface area contributed by atoms with Gasteiger partial charge in [-0.2, -0.15) is 4.68 Å². The summed E-state index contributed by atoms with van der Waals surface area (Å²) in [6.45, 7) is 1.09. The van der Waals surface area contributed by atoms with E-state index in [4.69, 9.17) is 0 Å². The number of nitrogens with zero attached hydrogens (tertiary/aromatic N) is 5. The van der Waals surface area contributed by atoms with Crippen molar-refractivity contribution in [3.05, 3.63) is 71.0 Å². The quantitative estimate of drug-likeness (QED) is 0.506. The molecular formula is C20H16FN7O3. The van der Waals surface area contributed by atoms with E-state index in [1.165, 1.54) is 42.2 Å². The van der Waals surface area contributed by atoms with Gasteiger partial charge in [0.15, 0.2) is 11.2 Å². The van der Waals surface area contributed by atoms with E-state index in [-0.39, 0.29) is 23.6 Å². The molecular weight excluding hydrogens is 405 g/mol. The van der Waals surface area contributed by atoms with Crippen molar-refractivity contribution in [2.24, 2.45) is 0 Å². The first-order valence-electron chi connectivity index (χ1n) is 9.15. The van der Waals surface area contributed by atoms with Gasteiger partial charge < -0.3 is 10.6 Å². The predicted molar refractivity (Wildman–Crippen MR) is 110 cm³/mol. The van der Waals surface area contributed by atoms with Crippen LogP contribution in [0.3, 0.4) is 0 Å². The van der Waals surface area contributed by atoms with Gasteiger partial charge in [0.1, 0.15) is 18.7 Å². The van der Waals surface area contributed by atoms with Gasteiger partial charge in [0, 0.05) is 18.3 Å². The molecule has 31 heavy (non-hydrogen) atoms. The third kappa shape index (κ3) is 4.29. The molecule has 0 aliphatic carbocycles. The molecule has 0 aliphatic rings. The summed E-state index contributed by atoms with van der Waals surface area (Å²) >= 11 is 0. The van der Waals surface area contributed by atoms with Crippen molar-refractivity contribution in [2.75, 3.05) is 10.6 Å². The Morgan fingerprint density at radius 2 is 1.77 bits per heavy atom. The van der Waals surface area contributed by atoms with E-state index in [1.54, 1.807) is 24.3 Å². The Bertz CT molecular complexity index is 1350. The van der Waals surface area contributed by atoms with Crippen molar-refractivity contribution in [3.8, 4) is 5.69 Å². The van der Waals surface area contributed by atoms with Crippen molar-refractivity contribution < 1.29 is 14.0 Å². The number of rotatable bonds is 5. The van der Waals surface area contributed by atoms with Gasteiger partial charge >= 0.3 is 0 Å². The molecule has 4 aromatic rings. The normalized spacial score (nSPS) is 10.8. The van der Waals surface area contributed by atoms with Crippen LogP contribution in [0.5, 0.6) is 0 Å². The number of aromatic nitrogens is 5. The summed E-state index contributed by atoms with van der Waals surface area (Å²) in [7, 11) is 0. The van der Waals surface area contributed by atoms with Gasteiger partial charge in [0.2, 0.25) is 11.8 Å². The van der Waals surface area contributed by atoms with Gasteiger partial charge in [-0.25, -0.2) is 9.37 Å². The monoisotopic (exact) mass is 421 g/mol. The maximum atomic E-state index is 13.1. The Morgan fingerprint density at radius 1 is 1.06 bits per heavy atom. The number of amides is 2. The first kappa shape index (κ1) is 19.9. The minimum absolute atomic E-state index is 0.0210. The molecule has 0 unspecified atom stereocenters. The Hall–Kier alpha value is -4.41. The van der Waals surface area contributed by atoms with E-state index in [0.717, 1.165) is 4.57 Å². The highest BCUT2D eigenvalue weighted by atomic mass is 19.1. The molecule has 0 radical (unpaired) electrons. The summed E-state index contributed by atoms with van der Waals surface area (Å²) in [5, 5.41) is 13.1. The summed E-state index contributed by atoms with van der Waals surface area (Å²) in [6, 6.07) is 12.1. The molecule has 2 N–H and O–H groups in total. The smallest absolute Gasteiger partial charge is 0.284 e. The molecule has 0 fully saturated rings. The van der Waals surface area contributed by atoms with Gasteiger partial charge in [-0.1, -0.05) is 11.3 Å². The fraction of sp³-hybridized carbons (Fsp3) is 0.100. The molecule has 11 heteroatoms. The van der Waals surface area contributed by atoms with Crippen molar-refractivity contribution in [3.63, 3.8) is 0 Å². The first-order chi connectivity index (χ1) is 14.9. The summed E-state index contributed by atoms with van der Waals surface area (Å²) in [4.78, 5) is 40.5. The molecule has 10 nitrogen and oxygen atoms in total. The molecule has 0 aliphatic heterocycles. The Labute approximate surface area is 174 Å². The molecule has 0 bridgehead atoms. The van der Waals surface area contributed by atoms with Crippen LogP contribution in [0.15, 0.2) is 59.7 Å². The minimum atomic E-state index is -0.541. The van der Waals surface area contributed by atoms with Crippen LogP contribution in [0.2, 0.25) is 0 Å². The Balaban J connectivity index is 1.54. The molecule has 2 amide bonds. The van der Waals surface area contributed by atoms with Crippen LogP contribution in [0, 0.1) is 5.82 Å². The Morgan fingerprint density at radius 3 is 2.48 bits per heavy atom. The molecule has 0 atom stereocenters. The van der Waals surface area contributed by atoms with E-state index in [1.807, 2.05) is 0 Å². The fourth-order valence-corrected chi connectivity index (χ4v) is 2.95. The molecule has 156 valence electrons. The highest BCUT2D eigenvalue weighted by Gasteiger charge is 2.15. The van der Waals surface area contributed by atoms with Gasteiger partial charge in [0.05, 0.1) is 5.69 Å². The third-order valence-electron chi connectivity index (χ3n) is 4.28. The van der Waals surface area contributed by atoms with Crippen LogP contribution in [-0.2, 0) is 16.1 Å². The summed E-state index contributed by atoms with van der Waals surface area (Å²) in [6.07, 6.45) is 1.22. The second-order valence-electron chi connectivity index (χ2n) is 6.64. The van der Waals surface area contributed by atoms with Crippen LogP contribution in [0.1, 0.15) is 6.92 Å². The fourth-order valence-electron chi connectivity index (χ4n) is 2.95. The molecule has 0 spiro atoms. The van der Waals surface area contributed by atoms with Crippen molar-refractivity contribution >= 4 is 34.4 Å². The number of nitrogens with one attached hydrogen (secondary N) is 2. The lowest BCUT2D eigenvalue weighted by Gasteiger charge is -2.09. The average Bonchev–Trinajstić information content (AvgIpc) is 3.15. The summed E-state index contributed by atoms with van der Waals surface area (Å²) in [5.74, 6) is -1.10. The molecule has 0 saturated carbocycles. The van der Waals surface area contributed by atoms with Gasteiger partial charge in [0.25, 0.3) is 5.56 Å². The number of anilines is 2. The van der Waals surface area contributed by atoms with Crippen LogP contribution in [0.4, 0.5) is 15.8 Å². The second kappa shape index (κ2) is 8.14. The topological polar surface area (TPSA) is 124 Å². The lowest BCUT2D eigenvalue weighted by atomic mass is 10.2. The molecule has 2 aromatic carbocycles. The number of benzene rings is 2. The van der Waals surface area contributed by atoms with E-state index in [2.05, 4.69) is 25.9 Å². The number of hydrogen-bond donors (Lipinski definition) is 2. The van der Waals surface area contributed by atoms with Crippen molar-refractivity contribution in [2.45, 2.75) is 13.5 Å². The Kier molecular flexibility index (Phi) is 5.22. The zero-order valence-electron chi connectivity index (χ0n) is 16.2. The molecule has 2 aromatic heterocycles. The lowest BCUT2D eigenvalue weighted by Crippen LogP contribution is -2.28.